The predicted molar refractivity (Wildman–Crippen MR) is 89.1 cm³/mol. The molecule has 1 aliphatic heterocycles. The minimum absolute atomic E-state index is 0.0793. The number of ketones is 1. The van der Waals surface area contributed by atoms with E-state index in [1.807, 2.05) is 6.92 Å². The number of hydrogen-bond donors (Lipinski definition) is 1. The van der Waals surface area contributed by atoms with E-state index in [0.29, 0.717) is 28.5 Å². The van der Waals surface area contributed by atoms with E-state index in [1.165, 1.54) is 0 Å². The molecular formula is C17H19Cl2NO3. The zero-order valence-corrected chi connectivity index (χ0v) is 14.6. The van der Waals surface area contributed by atoms with Gasteiger partial charge in [0.05, 0.1) is 11.6 Å². The second kappa shape index (κ2) is 6.08. The van der Waals surface area contributed by atoms with E-state index in [-0.39, 0.29) is 17.8 Å². The molecule has 124 valence electrons. The fourth-order valence-electron chi connectivity index (χ4n) is 3.80. The Morgan fingerprint density at radius 1 is 1.22 bits per heavy atom. The van der Waals surface area contributed by atoms with Crippen molar-refractivity contribution in [3.05, 3.63) is 33.3 Å². The highest BCUT2D eigenvalue weighted by atomic mass is 35.5. The molecule has 1 aliphatic carbocycles. The number of Topliss-reactive ketones (excluding diaryl/α,β-unsaturated/α-hetero) is 1. The van der Waals surface area contributed by atoms with Crippen LogP contribution in [0.2, 0.25) is 10.0 Å². The Morgan fingerprint density at radius 2 is 1.87 bits per heavy atom. The van der Waals surface area contributed by atoms with Crippen LogP contribution in [0.1, 0.15) is 42.7 Å². The second-order valence-corrected chi connectivity index (χ2v) is 7.27. The molecule has 0 bridgehead atoms. The Kier molecular flexibility index (Phi) is 4.43. The first-order chi connectivity index (χ1) is 10.9. The van der Waals surface area contributed by atoms with Crippen molar-refractivity contribution >= 4 is 34.9 Å². The number of ether oxygens (including phenoxy) is 1. The van der Waals surface area contributed by atoms with Crippen LogP contribution in [-0.2, 0) is 14.3 Å². The fourth-order valence-corrected chi connectivity index (χ4v) is 4.50. The Labute approximate surface area is 145 Å². The SMILES string of the molecule is COC1CCC2(CC1)NC(=O)C(c1c(C)cc(Cl)cc1Cl)C2=O. The molecule has 2 aliphatic rings. The standard InChI is InChI=1S/C17H19Cl2NO3/c1-9-7-10(18)8-12(19)13(9)14-15(21)17(20-16(14)22)5-3-11(23-2)4-6-17/h7-8,11,14H,3-6H2,1-2H3,(H,20,22). The molecule has 6 heteroatoms. The zero-order valence-electron chi connectivity index (χ0n) is 13.1. The van der Waals surface area contributed by atoms with E-state index >= 15 is 0 Å². The molecule has 1 heterocycles. The van der Waals surface area contributed by atoms with Crippen molar-refractivity contribution < 1.29 is 14.3 Å². The quantitative estimate of drug-likeness (QED) is 0.827. The largest absolute Gasteiger partial charge is 0.381 e. The van der Waals surface area contributed by atoms with Crippen LogP contribution in [0, 0.1) is 6.92 Å². The lowest BCUT2D eigenvalue weighted by molar-refractivity contribution is -0.126. The molecule has 1 saturated heterocycles. The van der Waals surface area contributed by atoms with Crippen LogP contribution in [0.25, 0.3) is 0 Å². The van der Waals surface area contributed by atoms with Gasteiger partial charge in [-0.2, -0.15) is 0 Å². The highest BCUT2D eigenvalue weighted by molar-refractivity contribution is 6.36. The molecule has 1 N–H and O–H groups in total. The van der Waals surface area contributed by atoms with Gasteiger partial charge in [0.1, 0.15) is 5.92 Å². The van der Waals surface area contributed by atoms with Gasteiger partial charge >= 0.3 is 0 Å². The Bertz CT molecular complexity index is 643. The third kappa shape index (κ3) is 2.77. The molecule has 1 saturated carbocycles. The van der Waals surface area contributed by atoms with Gasteiger partial charge in [-0.15, -0.1) is 0 Å². The van der Waals surface area contributed by atoms with E-state index in [4.69, 9.17) is 27.9 Å². The van der Waals surface area contributed by atoms with Crippen molar-refractivity contribution in [3.8, 4) is 0 Å². The van der Waals surface area contributed by atoms with Crippen molar-refractivity contribution in [2.75, 3.05) is 7.11 Å². The number of carbonyl (C=O) groups is 2. The molecule has 1 atom stereocenters. The van der Waals surface area contributed by atoms with Crippen molar-refractivity contribution in [1.82, 2.24) is 5.32 Å². The van der Waals surface area contributed by atoms with E-state index in [2.05, 4.69) is 5.32 Å². The number of aryl methyl sites for hydroxylation is 1. The molecule has 3 rings (SSSR count). The van der Waals surface area contributed by atoms with Crippen molar-refractivity contribution in [2.24, 2.45) is 0 Å². The van der Waals surface area contributed by atoms with Gasteiger partial charge in [0, 0.05) is 17.2 Å². The summed E-state index contributed by atoms with van der Waals surface area (Å²) in [5.41, 5.74) is 0.564. The number of hydrogen-bond acceptors (Lipinski definition) is 3. The summed E-state index contributed by atoms with van der Waals surface area (Å²) in [4.78, 5) is 25.6. The fraction of sp³-hybridized carbons (Fsp3) is 0.529. The number of benzene rings is 1. The van der Waals surface area contributed by atoms with Gasteiger partial charge in [-0.05, 0) is 55.9 Å². The third-order valence-corrected chi connectivity index (χ3v) is 5.60. The van der Waals surface area contributed by atoms with Gasteiger partial charge in [0.15, 0.2) is 5.78 Å². The molecule has 0 aromatic heterocycles. The third-order valence-electron chi connectivity index (χ3n) is 5.07. The lowest BCUT2D eigenvalue weighted by Crippen LogP contribution is -2.50. The van der Waals surface area contributed by atoms with Gasteiger partial charge in [-0.25, -0.2) is 0 Å². The van der Waals surface area contributed by atoms with Crippen LogP contribution in [0.3, 0.4) is 0 Å². The number of nitrogens with one attached hydrogen (secondary N) is 1. The maximum absolute atomic E-state index is 13.1. The van der Waals surface area contributed by atoms with Crippen LogP contribution in [-0.4, -0.2) is 30.4 Å². The van der Waals surface area contributed by atoms with E-state index in [9.17, 15) is 9.59 Å². The average molecular weight is 356 g/mol. The summed E-state index contributed by atoms with van der Waals surface area (Å²) in [5.74, 6) is -1.19. The van der Waals surface area contributed by atoms with E-state index < -0.39 is 11.5 Å². The summed E-state index contributed by atoms with van der Waals surface area (Å²) in [7, 11) is 1.68. The highest BCUT2D eigenvalue weighted by Crippen LogP contribution is 2.42. The minimum atomic E-state index is -0.848. The van der Waals surface area contributed by atoms with E-state index in [0.717, 1.165) is 18.4 Å². The topological polar surface area (TPSA) is 55.4 Å². The number of carbonyl (C=O) groups excluding carboxylic acids is 2. The smallest absolute Gasteiger partial charge is 0.236 e. The average Bonchev–Trinajstić information content (AvgIpc) is 2.72. The summed E-state index contributed by atoms with van der Waals surface area (Å²) in [6, 6.07) is 3.31. The van der Waals surface area contributed by atoms with Gasteiger partial charge in [-0.3, -0.25) is 9.59 Å². The lowest BCUT2D eigenvalue weighted by atomic mass is 9.75. The van der Waals surface area contributed by atoms with Gasteiger partial charge in [0.2, 0.25) is 5.91 Å². The molecule has 1 unspecified atom stereocenters. The van der Waals surface area contributed by atoms with Gasteiger partial charge < -0.3 is 10.1 Å². The maximum Gasteiger partial charge on any atom is 0.236 e. The summed E-state index contributed by atoms with van der Waals surface area (Å²) < 4.78 is 5.36. The number of rotatable bonds is 2. The normalized spacial score (nSPS) is 30.8. The highest BCUT2D eigenvalue weighted by Gasteiger charge is 2.54. The van der Waals surface area contributed by atoms with E-state index in [1.54, 1.807) is 19.2 Å². The first-order valence-corrected chi connectivity index (χ1v) is 8.48. The zero-order chi connectivity index (χ0) is 16.8. The lowest BCUT2D eigenvalue weighted by Gasteiger charge is -2.35. The molecule has 2 fully saturated rings. The number of amides is 1. The number of methoxy groups -OCH3 is 1. The van der Waals surface area contributed by atoms with Crippen LogP contribution < -0.4 is 5.32 Å². The van der Waals surface area contributed by atoms with Gasteiger partial charge in [0.25, 0.3) is 0 Å². The molecule has 1 aromatic rings. The van der Waals surface area contributed by atoms with Crippen molar-refractivity contribution in [2.45, 2.75) is 50.2 Å². The molecule has 1 spiro atoms. The second-order valence-electron chi connectivity index (χ2n) is 6.42. The molecule has 4 nitrogen and oxygen atoms in total. The van der Waals surface area contributed by atoms with Crippen molar-refractivity contribution in [1.29, 1.82) is 0 Å². The maximum atomic E-state index is 13.1. The predicted octanol–water partition coefficient (Wildman–Crippen LogP) is 3.41. The molecule has 1 aromatic carbocycles. The molecule has 1 amide bonds. The Morgan fingerprint density at radius 3 is 2.43 bits per heavy atom. The Hall–Kier alpha value is -1.10. The summed E-state index contributed by atoms with van der Waals surface area (Å²) in [6.07, 6.45) is 2.91. The Balaban J connectivity index is 1.94. The summed E-state index contributed by atoms with van der Waals surface area (Å²) in [6.45, 7) is 1.82. The van der Waals surface area contributed by atoms with Crippen LogP contribution in [0.4, 0.5) is 0 Å². The van der Waals surface area contributed by atoms with Crippen molar-refractivity contribution in [3.63, 3.8) is 0 Å². The summed E-state index contributed by atoms with van der Waals surface area (Å²) in [5, 5.41) is 3.81. The van der Waals surface area contributed by atoms with Crippen LogP contribution in [0.15, 0.2) is 12.1 Å². The molecular weight excluding hydrogens is 337 g/mol. The first-order valence-electron chi connectivity index (χ1n) is 7.72. The van der Waals surface area contributed by atoms with Gasteiger partial charge in [-0.1, -0.05) is 23.2 Å². The minimum Gasteiger partial charge on any atom is -0.381 e. The molecule has 0 radical (unpaired) electrons. The number of halogens is 2. The monoisotopic (exact) mass is 355 g/mol. The van der Waals surface area contributed by atoms with Crippen LogP contribution in [0.5, 0.6) is 0 Å². The first kappa shape index (κ1) is 16.7. The summed E-state index contributed by atoms with van der Waals surface area (Å²) >= 11 is 12.3. The molecule has 23 heavy (non-hydrogen) atoms. The van der Waals surface area contributed by atoms with Crippen LogP contribution >= 0.6 is 23.2 Å².